The second kappa shape index (κ2) is 9.23. The molecule has 0 N–H and O–H groups in total. The summed E-state index contributed by atoms with van der Waals surface area (Å²) in [6, 6.07) is 11.7. The standard InChI is InChI=1S/C24H23F3N6O2/c1-16(23-29-22(30-35-23)17-5-4-6-18(13-17)24(25,26)27)32-11-9-31(10-12-32)15-19-14-21(34)33-8-3-2-7-20(33)28-19/h2-8,13-14,16H,9-12,15H2,1H3. The Morgan fingerprint density at radius 3 is 2.60 bits per heavy atom. The number of pyridine rings is 1. The van der Waals surface area contributed by atoms with E-state index in [0.717, 1.165) is 44.0 Å². The first-order chi connectivity index (χ1) is 16.8. The van der Waals surface area contributed by atoms with Crippen LogP contribution in [-0.4, -0.2) is 55.5 Å². The summed E-state index contributed by atoms with van der Waals surface area (Å²) in [6.07, 6.45) is -2.74. The first kappa shape index (κ1) is 23.2. The highest BCUT2D eigenvalue weighted by molar-refractivity contribution is 5.55. The van der Waals surface area contributed by atoms with E-state index in [1.54, 1.807) is 18.3 Å². The molecule has 182 valence electrons. The summed E-state index contributed by atoms with van der Waals surface area (Å²) in [5.41, 5.74) is 0.742. The van der Waals surface area contributed by atoms with Gasteiger partial charge in [-0.25, -0.2) is 4.98 Å². The highest BCUT2D eigenvalue weighted by Gasteiger charge is 2.31. The minimum atomic E-state index is -4.44. The lowest BCUT2D eigenvalue weighted by Gasteiger charge is -2.36. The fourth-order valence-corrected chi connectivity index (χ4v) is 4.23. The zero-order valence-electron chi connectivity index (χ0n) is 18.9. The highest BCUT2D eigenvalue weighted by atomic mass is 19.4. The number of hydrogen-bond donors (Lipinski definition) is 0. The largest absolute Gasteiger partial charge is 0.416 e. The molecule has 1 aliphatic heterocycles. The number of hydrogen-bond acceptors (Lipinski definition) is 7. The maximum atomic E-state index is 13.0. The van der Waals surface area contributed by atoms with Crippen LogP contribution in [0, 0.1) is 0 Å². The first-order valence-electron chi connectivity index (χ1n) is 11.2. The van der Waals surface area contributed by atoms with Gasteiger partial charge in [0.05, 0.1) is 17.3 Å². The summed E-state index contributed by atoms with van der Waals surface area (Å²) in [5.74, 6) is 0.486. The van der Waals surface area contributed by atoms with E-state index in [2.05, 4.69) is 24.9 Å². The van der Waals surface area contributed by atoms with Gasteiger partial charge in [0.25, 0.3) is 5.56 Å². The van der Waals surface area contributed by atoms with Gasteiger partial charge in [0.1, 0.15) is 5.65 Å². The molecule has 1 aromatic carbocycles. The molecule has 0 radical (unpaired) electrons. The molecular formula is C24H23F3N6O2. The van der Waals surface area contributed by atoms with Crippen LogP contribution in [0.5, 0.6) is 0 Å². The molecule has 3 aromatic heterocycles. The molecule has 1 aliphatic rings. The molecular weight excluding hydrogens is 461 g/mol. The number of benzene rings is 1. The molecule has 4 heterocycles. The highest BCUT2D eigenvalue weighted by Crippen LogP contribution is 2.32. The number of fused-ring (bicyclic) bond motifs is 1. The number of rotatable bonds is 5. The van der Waals surface area contributed by atoms with Crippen molar-refractivity contribution in [2.45, 2.75) is 25.7 Å². The summed E-state index contributed by atoms with van der Waals surface area (Å²) >= 11 is 0. The number of nitrogens with zero attached hydrogens (tertiary/aromatic N) is 6. The normalized spacial score (nSPS) is 16.6. The molecule has 8 nitrogen and oxygen atoms in total. The number of halogens is 3. The summed E-state index contributed by atoms with van der Waals surface area (Å²) in [7, 11) is 0. The van der Waals surface area contributed by atoms with E-state index in [4.69, 9.17) is 4.52 Å². The van der Waals surface area contributed by atoms with Crippen molar-refractivity contribution in [2.75, 3.05) is 26.2 Å². The van der Waals surface area contributed by atoms with Crippen LogP contribution in [0.15, 0.2) is 64.0 Å². The van der Waals surface area contributed by atoms with Crippen LogP contribution in [0.1, 0.15) is 30.1 Å². The van der Waals surface area contributed by atoms with Crippen LogP contribution < -0.4 is 5.56 Å². The molecule has 0 spiro atoms. The smallest absolute Gasteiger partial charge is 0.337 e. The topological polar surface area (TPSA) is 79.8 Å². The average molecular weight is 484 g/mol. The predicted octanol–water partition coefficient (Wildman–Crippen LogP) is 3.64. The molecule has 35 heavy (non-hydrogen) atoms. The Bertz CT molecular complexity index is 1390. The summed E-state index contributed by atoms with van der Waals surface area (Å²) in [4.78, 5) is 25.7. The van der Waals surface area contributed by atoms with E-state index in [0.29, 0.717) is 18.1 Å². The Labute approximate surface area is 198 Å². The van der Waals surface area contributed by atoms with E-state index in [-0.39, 0.29) is 23.0 Å². The van der Waals surface area contributed by atoms with Crippen molar-refractivity contribution >= 4 is 5.65 Å². The van der Waals surface area contributed by atoms with E-state index >= 15 is 0 Å². The fraction of sp³-hybridized carbons (Fsp3) is 0.333. The third-order valence-electron chi connectivity index (χ3n) is 6.21. The first-order valence-corrected chi connectivity index (χ1v) is 11.2. The molecule has 1 fully saturated rings. The summed E-state index contributed by atoms with van der Waals surface area (Å²) in [6.45, 7) is 5.49. The van der Waals surface area contributed by atoms with Gasteiger partial charge in [0, 0.05) is 50.6 Å². The molecule has 0 bridgehead atoms. The van der Waals surface area contributed by atoms with Gasteiger partial charge in [-0.3, -0.25) is 19.0 Å². The van der Waals surface area contributed by atoms with Crippen molar-refractivity contribution in [1.29, 1.82) is 0 Å². The average Bonchev–Trinajstić information content (AvgIpc) is 3.34. The Morgan fingerprint density at radius 1 is 1.03 bits per heavy atom. The number of alkyl halides is 3. The maximum absolute atomic E-state index is 13.0. The third-order valence-corrected chi connectivity index (χ3v) is 6.21. The van der Waals surface area contributed by atoms with Gasteiger partial charge < -0.3 is 4.52 Å². The lowest BCUT2D eigenvalue weighted by Crippen LogP contribution is -2.46. The molecule has 0 aliphatic carbocycles. The molecule has 5 rings (SSSR count). The minimum Gasteiger partial charge on any atom is -0.337 e. The van der Waals surface area contributed by atoms with Gasteiger partial charge in [-0.15, -0.1) is 0 Å². The van der Waals surface area contributed by atoms with Crippen LogP contribution >= 0.6 is 0 Å². The molecule has 4 aromatic rings. The van der Waals surface area contributed by atoms with Crippen LogP contribution in [-0.2, 0) is 12.7 Å². The number of piperazine rings is 1. The van der Waals surface area contributed by atoms with Gasteiger partial charge in [-0.05, 0) is 31.2 Å². The molecule has 1 unspecified atom stereocenters. The van der Waals surface area contributed by atoms with Crippen LogP contribution in [0.2, 0.25) is 0 Å². The fourth-order valence-electron chi connectivity index (χ4n) is 4.23. The molecule has 1 atom stereocenters. The van der Waals surface area contributed by atoms with Gasteiger partial charge in [-0.1, -0.05) is 23.4 Å². The molecule has 1 saturated heterocycles. The van der Waals surface area contributed by atoms with E-state index in [1.165, 1.54) is 16.5 Å². The van der Waals surface area contributed by atoms with E-state index in [9.17, 15) is 18.0 Å². The van der Waals surface area contributed by atoms with Crippen LogP contribution in [0.25, 0.3) is 17.0 Å². The quantitative estimate of drug-likeness (QED) is 0.428. The Morgan fingerprint density at radius 2 is 1.83 bits per heavy atom. The number of aromatic nitrogens is 4. The van der Waals surface area contributed by atoms with Gasteiger partial charge in [0.2, 0.25) is 11.7 Å². The van der Waals surface area contributed by atoms with Crippen molar-refractivity contribution < 1.29 is 17.7 Å². The zero-order chi connectivity index (χ0) is 24.6. The third kappa shape index (κ3) is 4.96. The zero-order valence-corrected chi connectivity index (χ0v) is 18.9. The minimum absolute atomic E-state index is 0.106. The van der Waals surface area contributed by atoms with Crippen molar-refractivity contribution in [1.82, 2.24) is 29.3 Å². The van der Waals surface area contributed by atoms with Gasteiger partial charge in [-0.2, -0.15) is 18.2 Å². The summed E-state index contributed by atoms with van der Waals surface area (Å²) in [5, 5.41) is 3.90. The second-order valence-corrected chi connectivity index (χ2v) is 8.54. The molecule has 0 amide bonds. The van der Waals surface area contributed by atoms with E-state index in [1.807, 2.05) is 19.1 Å². The molecule has 11 heteroatoms. The molecule has 0 saturated carbocycles. The second-order valence-electron chi connectivity index (χ2n) is 8.54. The van der Waals surface area contributed by atoms with Crippen molar-refractivity contribution in [2.24, 2.45) is 0 Å². The van der Waals surface area contributed by atoms with Crippen molar-refractivity contribution in [3.63, 3.8) is 0 Å². The SMILES string of the molecule is CC(c1nc(-c2cccc(C(F)(F)F)c2)no1)N1CCN(Cc2cc(=O)n3ccccc3n2)CC1. The predicted molar refractivity (Wildman–Crippen MR) is 121 cm³/mol. The van der Waals surface area contributed by atoms with Crippen molar-refractivity contribution in [3.8, 4) is 11.4 Å². The van der Waals surface area contributed by atoms with Crippen molar-refractivity contribution in [3.05, 3.63) is 82.2 Å². The maximum Gasteiger partial charge on any atom is 0.416 e. The monoisotopic (exact) mass is 484 g/mol. The van der Waals surface area contributed by atoms with E-state index < -0.39 is 11.7 Å². The van der Waals surface area contributed by atoms with Gasteiger partial charge in [0.15, 0.2) is 0 Å². The van der Waals surface area contributed by atoms with Gasteiger partial charge >= 0.3 is 6.18 Å². The van der Waals surface area contributed by atoms with Crippen LogP contribution in [0.3, 0.4) is 0 Å². The lowest BCUT2D eigenvalue weighted by atomic mass is 10.1. The Hall–Kier alpha value is -3.57. The van der Waals surface area contributed by atoms with Crippen LogP contribution in [0.4, 0.5) is 13.2 Å². The Kier molecular flexibility index (Phi) is 6.12. The lowest BCUT2D eigenvalue weighted by molar-refractivity contribution is -0.137. The summed E-state index contributed by atoms with van der Waals surface area (Å²) < 4.78 is 46.0. The Balaban J connectivity index is 1.22.